The lowest BCUT2D eigenvalue weighted by atomic mass is 10.2. The summed E-state index contributed by atoms with van der Waals surface area (Å²) < 4.78 is 18.6. The minimum Gasteiger partial charge on any atom is -0.460 e. The van der Waals surface area contributed by atoms with Gasteiger partial charge in [0.1, 0.15) is 17.3 Å². The van der Waals surface area contributed by atoms with Crippen LogP contribution in [0.2, 0.25) is 0 Å². The van der Waals surface area contributed by atoms with Crippen molar-refractivity contribution >= 4 is 11.8 Å². The van der Waals surface area contributed by atoms with E-state index in [9.17, 15) is 4.39 Å². The van der Waals surface area contributed by atoms with Crippen LogP contribution in [0.4, 0.5) is 4.39 Å². The Bertz CT molecular complexity index is 524. The van der Waals surface area contributed by atoms with Gasteiger partial charge in [-0.3, -0.25) is 0 Å². The minimum atomic E-state index is -0.228. The van der Waals surface area contributed by atoms with Crippen LogP contribution in [-0.4, -0.2) is 18.6 Å². The molecule has 2 aromatic rings. The molecule has 114 valence electrons. The van der Waals surface area contributed by atoms with Gasteiger partial charge in [0, 0.05) is 5.56 Å². The van der Waals surface area contributed by atoms with Gasteiger partial charge < -0.3 is 9.73 Å². The van der Waals surface area contributed by atoms with Crippen molar-refractivity contribution in [1.82, 2.24) is 5.32 Å². The largest absolute Gasteiger partial charge is 0.460 e. The van der Waals surface area contributed by atoms with Crippen LogP contribution in [0.15, 0.2) is 40.8 Å². The number of nitrogens with one attached hydrogen (secondary N) is 1. The molecule has 0 saturated heterocycles. The normalized spacial score (nSPS) is 11.0. The van der Waals surface area contributed by atoms with E-state index < -0.39 is 0 Å². The summed E-state index contributed by atoms with van der Waals surface area (Å²) in [4.78, 5) is 0. The molecule has 1 heterocycles. The second-order valence-electron chi connectivity index (χ2n) is 5.00. The molecule has 4 heteroatoms. The Kier molecular flexibility index (Phi) is 6.83. The fraction of sp³-hybridized carbons (Fsp3) is 0.412. The van der Waals surface area contributed by atoms with E-state index in [0.717, 1.165) is 30.2 Å². The lowest BCUT2D eigenvalue weighted by molar-refractivity contribution is 0.488. The van der Waals surface area contributed by atoms with E-state index in [2.05, 4.69) is 11.6 Å². The summed E-state index contributed by atoms with van der Waals surface area (Å²) in [7, 11) is 0. The molecule has 0 amide bonds. The van der Waals surface area contributed by atoms with E-state index in [0.29, 0.717) is 0 Å². The molecule has 0 radical (unpaired) electrons. The molecule has 1 N–H and O–H groups in total. The molecule has 0 aliphatic rings. The van der Waals surface area contributed by atoms with E-state index in [-0.39, 0.29) is 5.82 Å². The van der Waals surface area contributed by atoms with E-state index in [1.807, 2.05) is 23.9 Å². The van der Waals surface area contributed by atoms with Crippen molar-refractivity contribution in [2.45, 2.75) is 25.8 Å². The maximum Gasteiger partial charge on any atom is 0.134 e. The van der Waals surface area contributed by atoms with Gasteiger partial charge in [-0.1, -0.05) is 6.42 Å². The van der Waals surface area contributed by atoms with Gasteiger partial charge in [0.25, 0.3) is 0 Å². The molecule has 0 fully saturated rings. The summed E-state index contributed by atoms with van der Waals surface area (Å²) in [5.74, 6) is 2.72. The van der Waals surface area contributed by atoms with Crippen molar-refractivity contribution in [1.29, 1.82) is 0 Å². The standard InChI is InChI=1S/C17H22FNOS/c1-21-12-4-2-3-11-19-13-16-9-10-17(20-16)14-5-7-15(18)8-6-14/h5-10,19H,2-4,11-13H2,1H3. The zero-order valence-electron chi connectivity index (χ0n) is 12.4. The number of rotatable bonds is 9. The minimum absolute atomic E-state index is 0.228. The van der Waals surface area contributed by atoms with Crippen LogP contribution in [0.3, 0.4) is 0 Å². The molecule has 0 spiro atoms. The number of halogens is 1. The number of hydrogen-bond donors (Lipinski definition) is 1. The third-order valence-electron chi connectivity index (χ3n) is 3.29. The number of thioether (sulfide) groups is 1. The van der Waals surface area contributed by atoms with Crippen LogP contribution in [0, 0.1) is 5.82 Å². The van der Waals surface area contributed by atoms with Crippen LogP contribution < -0.4 is 5.32 Å². The van der Waals surface area contributed by atoms with Crippen molar-refractivity contribution in [3.8, 4) is 11.3 Å². The summed E-state index contributed by atoms with van der Waals surface area (Å²) in [5.41, 5.74) is 0.903. The molecule has 0 saturated carbocycles. The predicted octanol–water partition coefficient (Wildman–Crippen LogP) is 4.71. The van der Waals surface area contributed by atoms with Gasteiger partial charge >= 0.3 is 0 Å². The topological polar surface area (TPSA) is 25.2 Å². The third kappa shape index (κ3) is 5.56. The molecular formula is C17H22FNOS. The Morgan fingerprint density at radius 3 is 2.62 bits per heavy atom. The Morgan fingerprint density at radius 2 is 1.86 bits per heavy atom. The molecular weight excluding hydrogens is 285 g/mol. The van der Waals surface area contributed by atoms with Crippen LogP contribution in [0.1, 0.15) is 25.0 Å². The van der Waals surface area contributed by atoms with Crippen molar-refractivity contribution in [2.75, 3.05) is 18.6 Å². The maximum atomic E-state index is 12.9. The summed E-state index contributed by atoms with van der Waals surface area (Å²) in [6.07, 6.45) is 5.91. The first-order valence-electron chi connectivity index (χ1n) is 7.34. The highest BCUT2D eigenvalue weighted by Crippen LogP contribution is 2.22. The zero-order valence-corrected chi connectivity index (χ0v) is 13.2. The molecule has 0 aliphatic heterocycles. The third-order valence-corrected chi connectivity index (χ3v) is 3.99. The Morgan fingerprint density at radius 1 is 1.05 bits per heavy atom. The second kappa shape index (κ2) is 8.90. The van der Waals surface area contributed by atoms with Gasteiger partial charge in [-0.25, -0.2) is 4.39 Å². The van der Waals surface area contributed by atoms with Gasteiger partial charge in [-0.15, -0.1) is 0 Å². The summed E-state index contributed by atoms with van der Waals surface area (Å²) >= 11 is 1.90. The Labute approximate surface area is 130 Å². The fourth-order valence-corrected chi connectivity index (χ4v) is 2.62. The first kappa shape index (κ1) is 16.1. The average molecular weight is 307 g/mol. The average Bonchev–Trinajstić information content (AvgIpc) is 2.96. The number of benzene rings is 1. The van der Waals surface area contributed by atoms with Gasteiger partial charge in [0.15, 0.2) is 0 Å². The lowest BCUT2D eigenvalue weighted by Crippen LogP contribution is -2.14. The van der Waals surface area contributed by atoms with Crippen molar-refractivity contribution in [3.05, 3.63) is 48.0 Å². The highest BCUT2D eigenvalue weighted by atomic mass is 32.2. The van der Waals surface area contributed by atoms with Crippen LogP contribution in [-0.2, 0) is 6.54 Å². The molecule has 2 rings (SSSR count). The lowest BCUT2D eigenvalue weighted by Gasteiger charge is -2.02. The monoisotopic (exact) mass is 307 g/mol. The Balaban J connectivity index is 1.72. The highest BCUT2D eigenvalue weighted by molar-refractivity contribution is 7.98. The van der Waals surface area contributed by atoms with E-state index >= 15 is 0 Å². The SMILES string of the molecule is CSCCCCCNCc1ccc(-c2ccc(F)cc2)o1. The van der Waals surface area contributed by atoms with E-state index in [1.165, 1.54) is 37.1 Å². The van der Waals surface area contributed by atoms with Gasteiger partial charge in [-0.2, -0.15) is 11.8 Å². The number of unbranched alkanes of at least 4 members (excludes halogenated alkanes) is 2. The van der Waals surface area contributed by atoms with Gasteiger partial charge in [-0.05, 0) is 67.8 Å². The molecule has 0 atom stereocenters. The van der Waals surface area contributed by atoms with Crippen LogP contribution in [0.25, 0.3) is 11.3 Å². The van der Waals surface area contributed by atoms with Gasteiger partial charge in [0.05, 0.1) is 6.54 Å². The summed E-state index contributed by atoms with van der Waals surface area (Å²) in [6, 6.07) is 10.3. The number of furan rings is 1. The first-order chi connectivity index (χ1) is 10.3. The fourth-order valence-electron chi connectivity index (χ4n) is 2.13. The smallest absolute Gasteiger partial charge is 0.134 e. The maximum absolute atomic E-state index is 12.9. The van der Waals surface area contributed by atoms with E-state index in [1.54, 1.807) is 12.1 Å². The molecule has 1 aromatic heterocycles. The molecule has 0 unspecified atom stereocenters. The molecule has 0 bridgehead atoms. The van der Waals surface area contributed by atoms with Crippen molar-refractivity contribution < 1.29 is 8.81 Å². The second-order valence-corrected chi connectivity index (χ2v) is 5.99. The summed E-state index contributed by atoms with van der Waals surface area (Å²) in [6.45, 7) is 1.75. The van der Waals surface area contributed by atoms with Crippen molar-refractivity contribution in [3.63, 3.8) is 0 Å². The molecule has 21 heavy (non-hydrogen) atoms. The van der Waals surface area contributed by atoms with Crippen LogP contribution >= 0.6 is 11.8 Å². The van der Waals surface area contributed by atoms with Gasteiger partial charge in [0.2, 0.25) is 0 Å². The van der Waals surface area contributed by atoms with Crippen molar-refractivity contribution in [2.24, 2.45) is 0 Å². The molecule has 2 nitrogen and oxygen atoms in total. The first-order valence-corrected chi connectivity index (χ1v) is 8.73. The zero-order chi connectivity index (χ0) is 14.9. The summed E-state index contributed by atoms with van der Waals surface area (Å²) in [5, 5.41) is 3.39. The highest BCUT2D eigenvalue weighted by Gasteiger charge is 2.04. The quantitative estimate of drug-likeness (QED) is 0.679. The Hall–Kier alpha value is -1.26. The van der Waals surface area contributed by atoms with Crippen LogP contribution in [0.5, 0.6) is 0 Å². The van der Waals surface area contributed by atoms with E-state index in [4.69, 9.17) is 4.42 Å². The predicted molar refractivity (Wildman–Crippen MR) is 88.0 cm³/mol. The number of hydrogen-bond acceptors (Lipinski definition) is 3. The molecule has 1 aromatic carbocycles. The molecule has 0 aliphatic carbocycles.